The van der Waals surface area contributed by atoms with Crippen molar-refractivity contribution >= 4 is 36.0 Å². The van der Waals surface area contributed by atoms with Gasteiger partial charge in [-0.1, -0.05) is 30.4 Å². The fourth-order valence-corrected chi connectivity index (χ4v) is 2.31. The normalized spacial score (nSPS) is 10.6. The average Bonchev–Trinajstić information content (AvgIpc) is 2.58. The molecule has 0 saturated heterocycles. The molecule has 8 nitrogen and oxygen atoms in total. The molecule has 0 aromatic heterocycles. The molecule has 0 fully saturated rings. The second-order valence-electron chi connectivity index (χ2n) is 5.13. The van der Waals surface area contributed by atoms with Crippen LogP contribution in [0.3, 0.4) is 0 Å². The van der Waals surface area contributed by atoms with Gasteiger partial charge in [0.25, 0.3) is 0 Å². The zero-order valence-electron chi connectivity index (χ0n) is 13.0. The Labute approximate surface area is 146 Å². The maximum atomic E-state index is 11.4. The van der Waals surface area contributed by atoms with Crippen molar-refractivity contribution < 1.29 is 39.6 Å². The van der Waals surface area contributed by atoms with Gasteiger partial charge in [0.1, 0.15) is 0 Å². The molecule has 0 aliphatic rings. The van der Waals surface area contributed by atoms with E-state index >= 15 is 0 Å². The number of aromatic carboxylic acids is 4. The van der Waals surface area contributed by atoms with Gasteiger partial charge in [0.2, 0.25) is 0 Å². The van der Waals surface area contributed by atoms with Crippen molar-refractivity contribution in [3.8, 4) is 0 Å². The summed E-state index contributed by atoms with van der Waals surface area (Å²) >= 11 is 0. The van der Waals surface area contributed by atoms with Crippen LogP contribution in [0.15, 0.2) is 36.4 Å². The second kappa shape index (κ2) is 7.31. The van der Waals surface area contributed by atoms with Crippen LogP contribution >= 0.6 is 0 Å². The number of carboxylic acids is 4. The largest absolute Gasteiger partial charge is 0.478 e. The minimum Gasteiger partial charge on any atom is -0.478 e. The molecule has 8 heteroatoms. The van der Waals surface area contributed by atoms with Crippen LogP contribution in [0.4, 0.5) is 0 Å². The molecule has 0 aliphatic carbocycles. The summed E-state index contributed by atoms with van der Waals surface area (Å²) in [6.07, 6.45) is 2.54. The zero-order valence-corrected chi connectivity index (χ0v) is 13.0. The van der Waals surface area contributed by atoms with Crippen molar-refractivity contribution in [2.24, 2.45) is 0 Å². The van der Waals surface area contributed by atoms with Gasteiger partial charge in [0, 0.05) is 0 Å². The van der Waals surface area contributed by atoms with Crippen LogP contribution in [0.1, 0.15) is 52.6 Å². The Balaban J connectivity index is 2.64. The molecule has 0 aliphatic heterocycles. The van der Waals surface area contributed by atoms with E-state index in [2.05, 4.69) is 0 Å². The van der Waals surface area contributed by atoms with Gasteiger partial charge >= 0.3 is 23.9 Å². The molecule has 0 amide bonds. The van der Waals surface area contributed by atoms with Crippen LogP contribution in [0.25, 0.3) is 12.2 Å². The summed E-state index contributed by atoms with van der Waals surface area (Å²) in [4.78, 5) is 45.0. The van der Waals surface area contributed by atoms with E-state index in [0.29, 0.717) is 0 Å². The van der Waals surface area contributed by atoms with Gasteiger partial charge in [0.05, 0.1) is 22.3 Å². The van der Waals surface area contributed by atoms with Crippen molar-refractivity contribution in [2.45, 2.75) is 0 Å². The molecular formula is C18H12O8. The standard InChI is InChI=1S/C18H12O8/c19-15(20)11-4-2-1-3-9(11)5-6-10-7-13(17(23)24)14(18(25)26)8-12(10)16(21)22/h1-8H,(H,19,20)(H,21,22)(H,23,24)(H,25,26)/b6-5+. The van der Waals surface area contributed by atoms with E-state index in [-0.39, 0.29) is 16.7 Å². The molecule has 132 valence electrons. The molecule has 2 aromatic carbocycles. The van der Waals surface area contributed by atoms with Crippen molar-refractivity contribution in [1.29, 1.82) is 0 Å². The maximum absolute atomic E-state index is 11.4. The number of hydrogen-bond acceptors (Lipinski definition) is 4. The predicted molar refractivity (Wildman–Crippen MR) is 89.6 cm³/mol. The van der Waals surface area contributed by atoms with Crippen LogP contribution in [0, 0.1) is 0 Å². The van der Waals surface area contributed by atoms with Crippen molar-refractivity contribution in [3.63, 3.8) is 0 Å². The Kier molecular flexibility index (Phi) is 5.17. The van der Waals surface area contributed by atoms with Crippen molar-refractivity contribution in [2.75, 3.05) is 0 Å². The number of carboxylic acid groups (broad SMARTS) is 4. The van der Waals surface area contributed by atoms with Crippen LogP contribution in [-0.2, 0) is 0 Å². The van der Waals surface area contributed by atoms with Gasteiger partial charge in [0.15, 0.2) is 0 Å². The van der Waals surface area contributed by atoms with Crippen LogP contribution < -0.4 is 0 Å². The number of hydrogen-bond donors (Lipinski definition) is 4. The third kappa shape index (κ3) is 3.75. The third-order valence-corrected chi connectivity index (χ3v) is 3.51. The molecule has 4 N–H and O–H groups in total. The van der Waals surface area contributed by atoms with Crippen LogP contribution in [0.5, 0.6) is 0 Å². The first-order chi connectivity index (χ1) is 12.2. The number of carbonyl (C=O) groups is 4. The Morgan fingerprint density at radius 1 is 0.577 bits per heavy atom. The molecule has 2 aromatic rings. The molecule has 0 bridgehead atoms. The Bertz CT molecular complexity index is 956. The Morgan fingerprint density at radius 3 is 1.58 bits per heavy atom. The van der Waals surface area contributed by atoms with E-state index in [4.69, 9.17) is 15.3 Å². The molecule has 0 heterocycles. The molecule has 0 unspecified atom stereocenters. The van der Waals surface area contributed by atoms with E-state index in [9.17, 15) is 24.3 Å². The summed E-state index contributed by atoms with van der Waals surface area (Å²) in [7, 11) is 0. The topological polar surface area (TPSA) is 149 Å². The predicted octanol–water partition coefficient (Wildman–Crippen LogP) is 2.65. The lowest BCUT2D eigenvalue weighted by Crippen LogP contribution is -2.12. The molecule has 2 rings (SSSR count). The summed E-state index contributed by atoms with van der Waals surface area (Å²) in [6, 6.07) is 7.64. The lowest BCUT2D eigenvalue weighted by Gasteiger charge is -2.08. The quantitative estimate of drug-likeness (QED) is 0.577. The number of benzene rings is 2. The van der Waals surface area contributed by atoms with Gasteiger partial charge in [-0.15, -0.1) is 0 Å². The highest BCUT2D eigenvalue weighted by Crippen LogP contribution is 2.21. The first-order valence-corrected chi connectivity index (χ1v) is 7.10. The molecular weight excluding hydrogens is 344 g/mol. The van der Waals surface area contributed by atoms with E-state index in [1.165, 1.54) is 30.4 Å². The number of rotatable bonds is 6. The maximum Gasteiger partial charge on any atom is 0.336 e. The molecule has 0 atom stereocenters. The molecule has 26 heavy (non-hydrogen) atoms. The first kappa shape index (κ1) is 18.4. The highest BCUT2D eigenvalue weighted by atomic mass is 16.4. The molecule has 0 radical (unpaired) electrons. The fraction of sp³-hybridized carbons (Fsp3) is 0. The molecule has 0 spiro atoms. The SMILES string of the molecule is O=C(O)c1ccccc1/C=C/c1cc(C(=O)O)c(C(=O)O)cc1C(=O)O. The van der Waals surface area contributed by atoms with Gasteiger partial charge < -0.3 is 20.4 Å². The van der Waals surface area contributed by atoms with Crippen LogP contribution in [-0.4, -0.2) is 44.3 Å². The summed E-state index contributed by atoms with van der Waals surface area (Å²) in [5.41, 5.74) is -1.47. The highest BCUT2D eigenvalue weighted by Gasteiger charge is 2.21. The first-order valence-electron chi connectivity index (χ1n) is 7.10. The molecule has 0 saturated carbocycles. The van der Waals surface area contributed by atoms with Gasteiger partial charge in [-0.05, 0) is 29.3 Å². The van der Waals surface area contributed by atoms with E-state index in [1.807, 2.05) is 0 Å². The lowest BCUT2D eigenvalue weighted by atomic mass is 9.97. The third-order valence-electron chi connectivity index (χ3n) is 3.51. The average molecular weight is 356 g/mol. The summed E-state index contributed by atoms with van der Waals surface area (Å²) in [5.74, 6) is -5.73. The van der Waals surface area contributed by atoms with Gasteiger partial charge in [-0.25, -0.2) is 19.2 Å². The Hall–Kier alpha value is -3.94. The van der Waals surface area contributed by atoms with Crippen molar-refractivity contribution in [1.82, 2.24) is 0 Å². The summed E-state index contributed by atoms with van der Waals surface area (Å²) in [5, 5.41) is 36.7. The monoisotopic (exact) mass is 356 g/mol. The van der Waals surface area contributed by atoms with Crippen LogP contribution in [0.2, 0.25) is 0 Å². The fourth-order valence-electron chi connectivity index (χ4n) is 2.31. The van der Waals surface area contributed by atoms with E-state index in [1.54, 1.807) is 6.07 Å². The van der Waals surface area contributed by atoms with Crippen molar-refractivity contribution in [3.05, 3.63) is 69.8 Å². The minimum absolute atomic E-state index is 0.0266. The highest BCUT2D eigenvalue weighted by molar-refractivity contribution is 6.06. The van der Waals surface area contributed by atoms with Gasteiger partial charge in [-0.3, -0.25) is 0 Å². The smallest absolute Gasteiger partial charge is 0.336 e. The van der Waals surface area contributed by atoms with Gasteiger partial charge in [-0.2, -0.15) is 0 Å². The Morgan fingerprint density at radius 2 is 1.04 bits per heavy atom. The lowest BCUT2D eigenvalue weighted by molar-refractivity contribution is 0.0649. The van der Waals surface area contributed by atoms with E-state index in [0.717, 1.165) is 12.1 Å². The van der Waals surface area contributed by atoms with E-state index < -0.39 is 40.6 Å². The summed E-state index contributed by atoms with van der Waals surface area (Å²) < 4.78 is 0. The minimum atomic E-state index is -1.57. The summed E-state index contributed by atoms with van der Waals surface area (Å²) in [6.45, 7) is 0. The zero-order chi connectivity index (χ0) is 19.4. The second-order valence-corrected chi connectivity index (χ2v) is 5.13.